The van der Waals surface area contributed by atoms with E-state index in [1.54, 1.807) is 6.33 Å². The Morgan fingerprint density at radius 2 is 2.19 bits per heavy atom. The summed E-state index contributed by atoms with van der Waals surface area (Å²) in [5, 5.41) is 0.966. The predicted octanol–water partition coefficient (Wildman–Crippen LogP) is 0.909. The number of fused-ring (bicyclic) bond motifs is 3. The monoisotopic (exact) mass is 303 g/mol. The zero-order valence-corrected chi connectivity index (χ0v) is 12.8. The van der Waals surface area contributed by atoms with E-state index < -0.39 is 0 Å². The SMILES string of the molecule is Cc1cc(C)c2c(n1)sc1c(=O)n(C[C@@H](N)CN)cnc12. The Morgan fingerprint density at radius 1 is 1.43 bits per heavy atom. The minimum absolute atomic E-state index is 0.0797. The smallest absolute Gasteiger partial charge is 0.271 e. The van der Waals surface area contributed by atoms with Gasteiger partial charge in [0.2, 0.25) is 0 Å². The summed E-state index contributed by atoms with van der Waals surface area (Å²) in [5.41, 5.74) is 14.0. The maximum Gasteiger partial charge on any atom is 0.271 e. The van der Waals surface area contributed by atoms with E-state index in [-0.39, 0.29) is 11.6 Å². The van der Waals surface area contributed by atoms with Gasteiger partial charge in [-0.05, 0) is 25.5 Å². The molecular weight excluding hydrogens is 286 g/mol. The molecule has 0 saturated carbocycles. The van der Waals surface area contributed by atoms with Crippen molar-refractivity contribution in [1.29, 1.82) is 0 Å². The van der Waals surface area contributed by atoms with Crippen LogP contribution in [0.3, 0.4) is 0 Å². The summed E-state index contributed by atoms with van der Waals surface area (Å²) in [5.74, 6) is 0. The van der Waals surface area contributed by atoms with E-state index in [4.69, 9.17) is 11.5 Å². The Kier molecular flexibility index (Phi) is 3.48. The number of thiophene rings is 1. The van der Waals surface area contributed by atoms with E-state index in [2.05, 4.69) is 9.97 Å². The van der Waals surface area contributed by atoms with Gasteiger partial charge in [0.05, 0.1) is 11.8 Å². The zero-order chi connectivity index (χ0) is 15.1. The van der Waals surface area contributed by atoms with Crippen molar-refractivity contribution in [3.8, 4) is 0 Å². The average molecular weight is 303 g/mol. The molecular formula is C14H17N5OS. The average Bonchev–Trinajstić information content (AvgIpc) is 2.81. The summed E-state index contributed by atoms with van der Waals surface area (Å²) in [6.45, 7) is 4.66. The Labute approximate surface area is 125 Å². The van der Waals surface area contributed by atoms with Gasteiger partial charge in [0.1, 0.15) is 9.53 Å². The molecule has 0 aliphatic rings. The van der Waals surface area contributed by atoms with E-state index in [1.165, 1.54) is 15.9 Å². The summed E-state index contributed by atoms with van der Waals surface area (Å²) in [6.07, 6.45) is 1.55. The Hall–Kier alpha value is -1.83. The third-order valence-electron chi connectivity index (χ3n) is 3.48. The van der Waals surface area contributed by atoms with Crippen LogP contribution < -0.4 is 17.0 Å². The van der Waals surface area contributed by atoms with Crippen LogP contribution in [0, 0.1) is 13.8 Å². The fraction of sp³-hybridized carbons (Fsp3) is 0.357. The lowest BCUT2D eigenvalue weighted by molar-refractivity contribution is 0.544. The van der Waals surface area contributed by atoms with Crippen molar-refractivity contribution in [1.82, 2.24) is 14.5 Å². The lowest BCUT2D eigenvalue weighted by Crippen LogP contribution is -2.37. The quantitative estimate of drug-likeness (QED) is 0.749. The van der Waals surface area contributed by atoms with Crippen LogP contribution in [-0.4, -0.2) is 27.1 Å². The molecule has 0 aliphatic heterocycles. The van der Waals surface area contributed by atoms with Crippen molar-refractivity contribution < 1.29 is 0 Å². The lowest BCUT2D eigenvalue weighted by atomic mass is 10.1. The molecule has 3 heterocycles. The van der Waals surface area contributed by atoms with Crippen molar-refractivity contribution in [3.63, 3.8) is 0 Å². The van der Waals surface area contributed by atoms with Crippen LogP contribution in [0.4, 0.5) is 0 Å². The van der Waals surface area contributed by atoms with Crippen LogP contribution in [0.1, 0.15) is 11.3 Å². The normalized spacial score (nSPS) is 13.1. The Bertz CT molecular complexity index is 882. The van der Waals surface area contributed by atoms with Gasteiger partial charge in [-0.1, -0.05) is 0 Å². The molecule has 4 N–H and O–H groups in total. The summed E-state index contributed by atoms with van der Waals surface area (Å²) < 4.78 is 2.15. The summed E-state index contributed by atoms with van der Waals surface area (Å²) in [4.78, 5) is 22.4. The maximum absolute atomic E-state index is 12.6. The van der Waals surface area contributed by atoms with Gasteiger partial charge in [0, 0.05) is 30.2 Å². The highest BCUT2D eigenvalue weighted by molar-refractivity contribution is 7.25. The van der Waals surface area contributed by atoms with Crippen LogP contribution in [-0.2, 0) is 6.54 Å². The molecule has 3 rings (SSSR count). The second-order valence-corrected chi connectivity index (χ2v) is 6.24. The Morgan fingerprint density at radius 3 is 2.90 bits per heavy atom. The number of nitrogens with zero attached hydrogens (tertiary/aromatic N) is 3. The molecule has 0 aliphatic carbocycles. The topological polar surface area (TPSA) is 99.8 Å². The van der Waals surface area contributed by atoms with E-state index in [0.717, 1.165) is 27.0 Å². The van der Waals surface area contributed by atoms with Gasteiger partial charge in [-0.2, -0.15) is 0 Å². The number of hydrogen-bond acceptors (Lipinski definition) is 6. The van der Waals surface area contributed by atoms with Gasteiger partial charge in [-0.3, -0.25) is 9.36 Å². The van der Waals surface area contributed by atoms with Crippen LogP contribution in [0.15, 0.2) is 17.2 Å². The first-order chi connectivity index (χ1) is 10.0. The molecule has 0 radical (unpaired) electrons. The molecule has 21 heavy (non-hydrogen) atoms. The highest BCUT2D eigenvalue weighted by atomic mass is 32.1. The molecule has 7 heteroatoms. The minimum atomic E-state index is -0.251. The molecule has 3 aromatic heterocycles. The van der Waals surface area contributed by atoms with E-state index in [9.17, 15) is 4.79 Å². The van der Waals surface area contributed by atoms with Crippen LogP contribution >= 0.6 is 11.3 Å². The van der Waals surface area contributed by atoms with Crippen molar-refractivity contribution in [2.24, 2.45) is 11.5 Å². The molecule has 6 nitrogen and oxygen atoms in total. The molecule has 0 amide bonds. The first-order valence-electron chi connectivity index (χ1n) is 6.72. The summed E-state index contributed by atoms with van der Waals surface area (Å²) >= 11 is 1.39. The van der Waals surface area contributed by atoms with Crippen LogP contribution in [0.5, 0.6) is 0 Å². The fourth-order valence-corrected chi connectivity index (χ4v) is 3.66. The molecule has 3 aromatic rings. The summed E-state index contributed by atoms with van der Waals surface area (Å²) in [6, 6.07) is 1.75. The third-order valence-corrected chi connectivity index (χ3v) is 4.54. The molecule has 0 spiro atoms. The van der Waals surface area contributed by atoms with Gasteiger partial charge in [0.15, 0.2) is 0 Å². The van der Waals surface area contributed by atoms with Crippen molar-refractivity contribution in [2.45, 2.75) is 26.4 Å². The first-order valence-corrected chi connectivity index (χ1v) is 7.54. The molecule has 0 bridgehead atoms. The predicted molar refractivity (Wildman–Crippen MR) is 85.7 cm³/mol. The van der Waals surface area contributed by atoms with Crippen molar-refractivity contribution in [2.75, 3.05) is 6.54 Å². The van der Waals surface area contributed by atoms with Gasteiger partial charge < -0.3 is 11.5 Å². The van der Waals surface area contributed by atoms with Crippen molar-refractivity contribution in [3.05, 3.63) is 34.0 Å². The Balaban J connectivity index is 2.27. The van der Waals surface area contributed by atoms with Gasteiger partial charge in [0.25, 0.3) is 5.56 Å². The number of pyridine rings is 1. The number of aryl methyl sites for hydroxylation is 2. The lowest BCUT2D eigenvalue weighted by Gasteiger charge is -2.10. The van der Waals surface area contributed by atoms with Gasteiger partial charge >= 0.3 is 0 Å². The highest BCUT2D eigenvalue weighted by Gasteiger charge is 2.15. The fourth-order valence-electron chi connectivity index (χ4n) is 2.46. The highest BCUT2D eigenvalue weighted by Crippen LogP contribution is 2.31. The maximum atomic E-state index is 12.6. The summed E-state index contributed by atoms with van der Waals surface area (Å²) in [7, 11) is 0. The molecule has 0 fully saturated rings. The van der Waals surface area contributed by atoms with E-state index >= 15 is 0 Å². The molecule has 0 aromatic carbocycles. The standard InChI is InChI=1S/C14H17N5OS/c1-7-3-8(2)18-13-10(7)11-12(21-13)14(20)19(6-17-11)5-9(16)4-15/h3,6,9H,4-5,15-16H2,1-2H3/t9-/m0/s1. The molecule has 0 saturated heterocycles. The second kappa shape index (κ2) is 5.18. The number of hydrogen-bond donors (Lipinski definition) is 2. The number of rotatable bonds is 3. The third kappa shape index (κ3) is 2.33. The number of nitrogens with two attached hydrogens (primary N) is 2. The number of aromatic nitrogens is 3. The molecule has 110 valence electrons. The van der Waals surface area contributed by atoms with Gasteiger partial charge in [-0.15, -0.1) is 11.3 Å². The van der Waals surface area contributed by atoms with Gasteiger partial charge in [-0.25, -0.2) is 9.97 Å². The van der Waals surface area contributed by atoms with E-state index in [0.29, 0.717) is 17.8 Å². The second-order valence-electron chi connectivity index (χ2n) is 5.24. The first kappa shape index (κ1) is 14.1. The van der Waals surface area contributed by atoms with Crippen LogP contribution in [0.25, 0.3) is 20.4 Å². The molecule has 1 atom stereocenters. The molecule has 0 unspecified atom stereocenters. The van der Waals surface area contributed by atoms with Crippen LogP contribution in [0.2, 0.25) is 0 Å². The minimum Gasteiger partial charge on any atom is -0.329 e. The zero-order valence-electron chi connectivity index (χ0n) is 12.0. The van der Waals surface area contributed by atoms with Crippen molar-refractivity contribution >= 4 is 31.8 Å². The van der Waals surface area contributed by atoms with E-state index in [1.807, 2.05) is 19.9 Å². The largest absolute Gasteiger partial charge is 0.329 e.